The molecule has 0 unspecified atom stereocenters. The summed E-state index contributed by atoms with van der Waals surface area (Å²) in [6.45, 7) is 0.271. The van der Waals surface area contributed by atoms with Crippen molar-refractivity contribution in [2.75, 3.05) is 6.54 Å². The number of unbranched alkanes of at least 4 members (excludes halogenated alkanes) is 2. The number of nitro benzene ring substituents is 1. The number of nitro groups is 1. The predicted octanol–water partition coefficient (Wildman–Crippen LogP) is 3.48. The number of amides is 2. The quantitative estimate of drug-likeness (QED) is 0.187. The molecule has 0 radical (unpaired) electrons. The van der Waals surface area contributed by atoms with Gasteiger partial charge in [-0.2, -0.15) is 0 Å². The largest absolute Gasteiger partial charge is 0.481 e. The van der Waals surface area contributed by atoms with E-state index in [9.17, 15) is 24.5 Å². The van der Waals surface area contributed by atoms with Crippen molar-refractivity contribution in [2.24, 2.45) is 0 Å². The summed E-state index contributed by atoms with van der Waals surface area (Å²) in [5.41, 5.74) is 0.0681. The zero-order valence-corrected chi connectivity index (χ0v) is 17.9. The lowest BCUT2D eigenvalue weighted by atomic mass is 10.1. The molecule has 0 spiro atoms. The van der Waals surface area contributed by atoms with Crippen LogP contribution in [0.25, 0.3) is 6.08 Å². The van der Waals surface area contributed by atoms with E-state index in [1.165, 1.54) is 36.4 Å². The van der Waals surface area contributed by atoms with Crippen molar-refractivity contribution in [3.63, 3.8) is 0 Å². The number of hydrogen-bond donors (Lipinski definition) is 3. The van der Waals surface area contributed by atoms with Crippen molar-refractivity contribution in [1.82, 2.24) is 10.6 Å². The molecule has 0 bridgehead atoms. The Morgan fingerprint density at radius 1 is 1.16 bits per heavy atom. The van der Waals surface area contributed by atoms with Gasteiger partial charge in [-0.3, -0.25) is 24.5 Å². The van der Waals surface area contributed by atoms with Gasteiger partial charge in [-0.25, -0.2) is 0 Å². The van der Waals surface area contributed by atoms with Gasteiger partial charge in [0.05, 0.1) is 4.92 Å². The third-order valence-corrected chi connectivity index (χ3v) is 4.46. The number of nitrogens with zero attached hydrogens (tertiary/aromatic N) is 1. The Morgan fingerprint density at radius 2 is 1.94 bits per heavy atom. The Hall–Kier alpha value is -3.47. The minimum Gasteiger partial charge on any atom is -0.481 e. The van der Waals surface area contributed by atoms with Gasteiger partial charge < -0.3 is 20.2 Å². The molecule has 0 aliphatic heterocycles. The van der Waals surface area contributed by atoms with E-state index in [-0.39, 0.29) is 30.1 Å². The van der Waals surface area contributed by atoms with Crippen molar-refractivity contribution in [3.8, 4) is 0 Å². The number of benzene rings is 1. The number of halogens is 1. The molecule has 2 amide bonds. The number of carboxylic acid groups (broad SMARTS) is 1. The lowest BCUT2D eigenvalue weighted by Crippen LogP contribution is -2.35. The summed E-state index contributed by atoms with van der Waals surface area (Å²) in [6.07, 6.45) is 3.04. The molecule has 10 nitrogen and oxygen atoms in total. The van der Waals surface area contributed by atoms with Gasteiger partial charge in [0.1, 0.15) is 5.70 Å². The number of aliphatic carboxylic acids is 1. The lowest BCUT2D eigenvalue weighted by Gasteiger charge is -2.10. The molecule has 2 rings (SSSR count). The topological polar surface area (TPSA) is 152 Å². The zero-order chi connectivity index (χ0) is 22.8. The van der Waals surface area contributed by atoms with Gasteiger partial charge in [-0.1, -0.05) is 18.6 Å². The van der Waals surface area contributed by atoms with Crippen molar-refractivity contribution in [3.05, 3.63) is 68.2 Å². The Kier molecular flexibility index (Phi) is 8.94. The van der Waals surface area contributed by atoms with E-state index in [0.717, 1.165) is 0 Å². The van der Waals surface area contributed by atoms with Gasteiger partial charge in [0, 0.05) is 25.1 Å². The number of carboxylic acids is 1. The number of carbonyl (C=O) groups excluding carboxylic acids is 2. The van der Waals surface area contributed by atoms with Gasteiger partial charge in [0.15, 0.2) is 10.4 Å². The fourth-order valence-corrected chi connectivity index (χ4v) is 2.86. The Bertz CT molecular complexity index is 1000. The molecule has 164 valence electrons. The van der Waals surface area contributed by atoms with Crippen LogP contribution in [0.3, 0.4) is 0 Å². The maximum Gasteiger partial charge on any atom is 0.303 e. The molecule has 1 aromatic carbocycles. The van der Waals surface area contributed by atoms with E-state index in [2.05, 4.69) is 26.6 Å². The Morgan fingerprint density at radius 3 is 2.58 bits per heavy atom. The van der Waals surface area contributed by atoms with Crippen LogP contribution >= 0.6 is 15.9 Å². The third kappa shape index (κ3) is 8.05. The van der Waals surface area contributed by atoms with Gasteiger partial charge in [-0.15, -0.1) is 0 Å². The molecule has 3 N–H and O–H groups in total. The average molecular weight is 494 g/mol. The van der Waals surface area contributed by atoms with Crippen LogP contribution in [0, 0.1) is 10.1 Å². The average Bonchev–Trinajstić information content (AvgIpc) is 3.16. The van der Waals surface area contributed by atoms with Crippen LogP contribution in [-0.2, 0) is 9.59 Å². The highest BCUT2D eigenvalue weighted by atomic mass is 79.9. The molecule has 1 aromatic heterocycles. The van der Waals surface area contributed by atoms with Crippen LogP contribution in [0.2, 0.25) is 0 Å². The summed E-state index contributed by atoms with van der Waals surface area (Å²) in [5.74, 6) is -2.17. The lowest BCUT2D eigenvalue weighted by molar-refractivity contribution is -0.384. The first-order valence-electron chi connectivity index (χ1n) is 9.29. The van der Waals surface area contributed by atoms with E-state index in [1.807, 2.05) is 0 Å². The summed E-state index contributed by atoms with van der Waals surface area (Å²) in [6, 6.07) is 8.55. The van der Waals surface area contributed by atoms with Crippen molar-refractivity contribution in [1.29, 1.82) is 0 Å². The fraction of sp³-hybridized carbons (Fsp3) is 0.250. The number of furan rings is 1. The first kappa shape index (κ1) is 23.8. The number of nitrogens with one attached hydrogen (secondary N) is 2. The summed E-state index contributed by atoms with van der Waals surface area (Å²) in [5, 5.41) is 24.7. The number of carbonyl (C=O) groups is 3. The maximum atomic E-state index is 12.6. The van der Waals surface area contributed by atoms with Crippen LogP contribution in [-0.4, -0.2) is 34.4 Å². The minimum atomic E-state index is -0.876. The SMILES string of the molecule is O=C(O)CCCCCNC(=O)C(=Cc1cccc([N+](=O)[O-])c1)NC(=O)c1ccc(Br)o1. The van der Waals surface area contributed by atoms with Gasteiger partial charge in [0.2, 0.25) is 0 Å². The van der Waals surface area contributed by atoms with E-state index < -0.39 is 22.7 Å². The minimum absolute atomic E-state index is 0.0294. The normalized spacial score (nSPS) is 11.1. The van der Waals surface area contributed by atoms with Crippen molar-refractivity contribution < 1.29 is 28.8 Å². The van der Waals surface area contributed by atoms with Gasteiger partial charge >= 0.3 is 5.97 Å². The standard InChI is InChI=1S/C20H20BrN3O7/c21-17-9-8-16(31-17)20(28)23-15(12-13-5-4-6-14(11-13)24(29)30)19(27)22-10-3-1-2-7-18(25)26/h4-6,8-9,11-12H,1-3,7,10H2,(H,22,27)(H,23,28)(H,25,26). The molecule has 31 heavy (non-hydrogen) atoms. The highest BCUT2D eigenvalue weighted by Crippen LogP contribution is 2.17. The molecule has 0 fully saturated rings. The van der Waals surface area contributed by atoms with E-state index in [4.69, 9.17) is 9.52 Å². The molecular formula is C20H20BrN3O7. The van der Waals surface area contributed by atoms with Crippen molar-refractivity contribution in [2.45, 2.75) is 25.7 Å². The highest BCUT2D eigenvalue weighted by Gasteiger charge is 2.17. The van der Waals surface area contributed by atoms with E-state index in [0.29, 0.717) is 29.5 Å². The van der Waals surface area contributed by atoms with Crippen LogP contribution < -0.4 is 10.6 Å². The smallest absolute Gasteiger partial charge is 0.303 e. The van der Waals surface area contributed by atoms with Crippen LogP contribution in [0.4, 0.5) is 5.69 Å². The predicted molar refractivity (Wildman–Crippen MR) is 114 cm³/mol. The second-order valence-corrected chi connectivity index (χ2v) is 7.21. The first-order valence-corrected chi connectivity index (χ1v) is 10.1. The molecular weight excluding hydrogens is 474 g/mol. The summed E-state index contributed by atoms with van der Waals surface area (Å²) in [7, 11) is 0. The van der Waals surface area contributed by atoms with Crippen LogP contribution in [0.15, 0.2) is 51.2 Å². The Balaban J connectivity index is 2.12. The maximum absolute atomic E-state index is 12.6. The highest BCUT2D eigenvalue weighted by molar-refractivity contribution is 9.10. The molecule has 0 saturated carbocycles. The molecule has 0 aliphatic carbocycles. The molecule has 11 heteroatoms. The molecule has 0 atom stereocenters. The number of hydrogen-bond acceptors (Lipinski definition) is 6. The summed E-state index contributed by atoms with van der Waals surface area (Å²) < 4.78 is 5.52. The van der Waals surface area contributed by atoms with Crippen molar-refractivity contribution >= 4 is 45.5 Å². The molecule has 0 saturated heterocycles. The van der Waals surface area contributed by atoms with Crippen LogP contribution in [0.5, 0.6) is 0 Å². The second kappa shape index (κ2) is 11.6. The zero-order valence-electron chi connectivity index (χ0n) is 16.3. The van der Waals surface area contributed by atoms with Gasteiger partial charge in [0.25, 0.3) is 17.5 Å². The van der Waals surface area contributed by atoms with E-state index in [1.54, 1.807) is 6.07 Å². The fourth-order valence-electron chi connectivity index (χ4n) is 2.55. The molecule has 1 heterocycles. The monoisotopic (exact) mass is 493 g/mol. The molecule has 0 aliphatic rings. The molecule has 2 aromatic rings. The second-order valence-electron chi connectivity index (χ2n) is 6.43. The summed E-state index contributed by atoms with van der Waals surface area (Å²) >= 11 is 3.09. The Labute approximate surface area is 185 Å². The number of non-ortho nitro benzene ring substituents is 1. The summed E-state index contributed by atoms with van der Waals surface area (Å²) in [4.78, 5) is 46.0. The third-order valence-electron chi connectivity index (χ3n) is 4.03. The first-order chi connectivity index (χ1) is 14.8. The van der Waals surface area contributed by atoms with E-state index >= 15 is 0 Å². The number of rotatable bonds is 11. The van der Waals surface area contributed by atoms with Gasteiger partial charge in [-0.05, 0) is 52.5 Å². The van der Waals surface area contributed by atoms with Crippen LogP contribution in [0.1, 0.15) is 41.8 Å².